The lowest BCUT2D eigenvalue weighted by atomic mass is 10.1. The molecule has 1 aliphatic heterocycles. The second-order valence-corrected chi connectivity index (χ2v) is 13.6. The molecular weight excluding hydrogens is 660 g/mol. The van der Waals surface area contributed by atoms with Crippen LogP contribution in [0.1, 0.15) is 118 Å². The molecule has 0 spiro atoms. The van der Waals surface area contributed by atoms with Gasteiger partial charge in [-0.15, -0.1) is 0 Å². The summed E-state index contributed by atoms with van der Waals surface area (Å²) in [6, 6.07) is 0. The maximum absolute atomic E-state index is 12.8. The number of allylic oxidation sites excluding steroid dienone is 2. The topological polar surface area (TPSA) is 152 Å². The van der Waals surface area contributed by atoms with Crippen LogP contribution in [-0.4, -0.2) is 137 Å². The Bertz CT molecular complexity index is 815. The third-order valence-electron chi connectivity index (χ3n) is 8.66. The number of carbonyl (C=O) groups is 1. The minimum atomic E-state index is -0.668. The highest BCUT2D eigenvalue weighted by atomic mass is 16.6. The van der Waals surface area contributed by atoms with Crippen LogP contribution in [0.15, 0.2) is 12.2 Å². The third-order valence-corrected chi connectivity index (χ3v) is 8.66. The molecule has 1 fully saturated rings. The van der Waals surface area contributed by atoms with Crippen LogP contribution in [0.2, 0.25) is 0 Å². The summed E-state index contributed by atoms with van der Waals surface area (Å²) in [6.45, 7) is 9.01. The zero-order valence-corrected chi connectivity index (χ0v) is 32.4. The van der Waals surface area contributed by atoms with Gasteiger partial charge in [0.1, 0.15) is 31.0 Å². The highest BCUT2D eigenvalue weighted by molar-refractivity contribution is 5.69. The second-order valence-electron chi connectivity index (χ2n) is 13.6. The Morgan fingerprint density at radius 2 is 1.18 bits per heavy atom. The van der Waals surface area contributed by atoms with Crippen molar-refractivity contribution in [2.45, 2.75) is 160 Å². The summed E-state index contributed by atoms with van der Waals surface area (Å²) >= 11 is 0. The Hall–Kier alpha value is -1.19. The van der Waals surface area contributed by atoms with Crippen LogP contribution >= 0.6 is 0 Å². The first kappa shape index (κ1) is 47.8. The molecule has 0 aromatic carbocycles. The maximum Gasteiger partial charge on any atom is 0.305 e. The minimum Gasteiger partial charge on any atom is -0.463 e. The summed E-state index contributed by atoms with van der Waals surface area (Å²) in [5, 5.41) is 27.4. The Kier molecular flexibility index (Phi) is 31.3. The van der Waals surface area contributed by atoms with Crippen molar-refractivity contribution < 1.29 is 58.0 Å². The molecule has 12 heteroatoms. The molecule has 3 N–H and O–H groups in total. The fraction of sp³-hybridized carbons (Fsp3) is 0.923. The van der Waals surface area contributed by atoms with E-state index in [2.05, 4.69) is 19.1 Å². The number of ether oxygens (including phenoxy) is 8. The average Bonchev–Trinajstić information content (AvgIpc) is 3.54. The lowest BCUT2D eigenvalue weighted by molar-refractivity contribution is -0.165. The maximum atomic E-state index is 12.8. The van der Waals surface area contributed by atoms with Gasteiger partial charge < -0.3 is 53.2 Å². The standard InChI is InChI=1S/C39H74O12/c1-5-6-7-8-9-10-11-12-13-14-15-16-17-18-19-20-37(43)49-30-35(47-27-32(2)44-24-21-40)39-38(50-29-34(4)46-26-23-42)36(31-51-39)48-28-33(3)45-25-22-41/h12-13,32-36,38-42H,5-11,14-31H2,1-4H3/b13-12-. The Balaban J connectivity index is 2.63. The van der Waals surface area contributed by atoms with Crippen molar-refractivity contribution >= 4 is 5.97 Å². The number of hydrogen-bond donors (Lipinski definition) is 3. The molecule has 1 saturated heterocycles. The summed E-state index contributed by atoms with van der Waals surface area (Å²) in [4.78, 5) is 12.8. The molecule has 1 rings (SSSR count). The van der Waals surface area contributed by atoms with Crippen LogP contribution in [0.5, 0.6) is 0 Å². The lowest BCUT2D eigenvalue weighted by Crippen LogP contribution is -2.47. The van der Waals surface area contributed by atoms with Gasteiger partial charge in [0.2, 0.25) is 0 Å². The fourth-order valence-corrected chi connectivity index (χ4v) is 5.77. The van der Waals surface area contributed by atoms with E-state index < -0.39 is 24.4 Å². The first-order valence-corrected chi connectivity index (χ1v) is 19.8. The van der Waals surface area contributed by atoms with E-state index in [0.717, 1.165) is 32.1 Å². The zero-order valence-electron chi connectivity index (χ0n) is 32.4. The van der Waals surface area contributed by atoms with Gasteiger partial charge in [-0.3, -0.25) is 4.79 Å². The first-order chi connectivity index (χ1) is 24.9. The van der Waals surface area contributed by atoms with Crippen molar-refractivity contribution in [2.75, 3.05) is 72.7 Å². The quantitative estimate of drug-likeness (QED) is 0.0435. The molecular formula is C39H74O12. The van der Waals surface area contributed by atoms with Crippen LogP contribution in [0.25, 0.3) is 0 Å². The van der Waals surface area contributed by atoms with E-state index in [1.54, 1.807) is 0 Å². The molecule has 302 valence electrons. The number of aliphatic hydroxyl groups is 3. The number of rotatable bonds is 36. The van der Waals surface area contributed by atoms with Crippen molar-refractivity contribution in [3.63, 3.8) is 0 Å². The number of unbranched alkanes of at least 4 members (excludes halogenated alkanes) is 11. The van der Waals surface area contributed by atoms with Crippen LogP contribution in [0.3, 0.4) is 0 Å². The molecule has 0 saturated carbocycles. The van der Waals surface area contributed by atoms with Crippen LogP contribution < -0.4 is 0 Å². The van der Waals surface area contributed by atoms with Gasteiger partial charge in [0.05, 0.1) is 84.4 Å². The summed E-state index contributed by atoms with van der Waals surface area (Å²) in [5.74, 6) is -0.282. The smallest absolute Gasteiger partial charge is 0.305 e. The van der Waals surface area contributed by atoms with Gasteiger partial charge >= 0.3 is 5.97 Å². The van der Waals surface area contributed by atoms with Gasteiger partial charge in [-0.25, -0.2) is 0 Å². The van der Waals surface area contributed by atoms with E-state index in [1.165, 1.54) is 51.4 Å². The van der Waals surface area contributed by atoms with Crippen molar-refractivity contribution in [1.82, 2.24) is 0 Å². The molecule has 12 nitrogen and oxygen atoms in total. The molecule has 1 aliphatic rings. The monoisotopic (exact) mass is 735 g/mol. The predicted molar refractivity (Wildman–Crippen MR) is 197 cm³/mol. The van der Waals surface area contributed by atoms with Crippen molar-refractivity contribution in [3.8, 4) is 0 Å². The van der Waals surface area contributed by atoms with Gasteiger partial charge in [0, 0.05) is 6.42 Å². The van der Waals surface area contributed by atoms with Crippen LogP contribution in [0.4, 0.5) is 0 Å². The van der Waals surface area contributed by atoms with E-state index in [9.17, 15) is 4.79 Å². The van der Waals surface area contributed by atoms with E-state index in [1.807, 2.05) is 20.8 Å². The van der Waals surface area contributed by atoms with E-state index in [-0.39, 0.29) is 97.0 Å². The van der Waals surface area contributed by atoms with E-state index in [4.69, 9.17) is 53.2 Å². The number of carbonyl (C=O) groups excluding carboxylic acids is 1. The molecule has 0 radical (unpaired) electrons. The van der Waals surface area contributed by atoms with Gasteiger partial charge in [-0.2, -0.15) is 0 Å². The Labute approximate surface area is 308 Å². The largest absolute Gasteiger partial charge is 0.463 e. The minimum absolute atomic E-state index is 0.0273. The third kappa shape index (κ3) is 25.5. The zero-order chi connectivity index (χ0) is 37.4. The highest BCUT2D eigenvalue weighted by Gasteiger charge is 2.45. The summed E-state index contributed by atoms with van der Waals surface area (Å²) in [7, 11) is 0. The van der Waals surface area contributed by atoms with Gasteiger partial charge in [-0.05, 0) is 52.9 Å². The SMILES string of the molecule is CCCCCCCC/C=C\CCCCCCCC(=O)OCC(OCC(C)OCCO)C1OCC(OCC(C)OCCO)C1OCC(C)OCCO. The second kappa shape index (κ2) is 33.4. The summed E-state index contributed by atoms with van der Waals surface area (Å²) in [6.07, 6.45) is 17.3. The molecule has 0 aliphatic carbocycles. The van der Waals surface area contributed by atoms with Crippen molar-refractivity contribution in [2.24, 2.45) is 0 Å². The average molecular weight is 735 g/mol. The molecule has 0 amide bonds. The van der Waals surface area contributed by atoms with E-state index >= 15 is 0 Å². The molecule has 7 atom stereocenters. The summed E-state index contributed by atoms with van der Waals surface area (Å²) < 4.78 is 47.3. The predicted octanol–water partition coefficient (Wildman–Crippen LogP) is 5.31. The first-order valence-electron chi connectivity index (χ1n) is 19.8. The molecule has 0 bridgehead atoms. The molecule has 0 aromatic heterocycles. The van der Waals surface area contributed by atoms with Crippen molar-refractivity contribution in [1.29, 1.82) is 0 Å². The number of esters is 1. The van der Waals surface area contributed by atoms with Gasteiger partial charge in [0.15, 0.2) is 0 Å². The highest BCUT2D eigenvalue weighted by Crippen LogP contribution is 2.26. The van der Waals surface area contributed by atoms with Crippen molar-refractivity contribution in [3.05, 3.63) is 12.2 Å². The number of aliphatic hydroxyl groups excluding tert-OH is 3. The Morgan fingerprint density at radius 3 is 1.75 bits per heavy atom. The van der Waals surface area contributed by atoms with Crippen LogP contribution in [0, 0.1) is 0 Å². The van der Waals surface area contributed by atoms with Crippen LogP contribution in [-0.2, 0) is 42.7 Å². The number of hydrogen-bond acceptors (Lipinski definition) is 12. The summed E-state index contributed by atoms with van der Waals surface area (Å²) in [5.41, 5.74) is 0. The molecule has 51 heavy (non-hydrogen) atoms. The normalized spacial score (nSPS) is 20.2. The molecule has 1 heterocycles. The molecule has 7 unspecified atom stereocenters. The van der Waals surface area contributed by atoms with Gasteiger partial charge in [-0.1, -0.05) is 70.4 Å². The lowest BCUT2D eigenvalue weighted by Gasteiger charge is -2.31. The fourth-order valence-electron chi connectivity index (χ4n) is 5.77. The molecule has 0 aromatic rings. The Morgan fingerprint density at radius 1 is 0.667 bits per heavy atom. The van der Waals surface area contributed by atoms with E-state index in [0.29, 0.717) is 6.42 Å². The van der Waals surface area contributed by atoms with Gasteiger partial charge in [0.25, 0.3) is 0 Å².